The van der Waals surface area contributed by atoms with E-state index in [0.717, 1.165) is 42.3 Å². The highest BCUT2D eigenvalue weighted by molar-refractivity contribution is 5.91. The van der Waals surface area contributed by atoms with Crippen molar-refractivity contribution in [2.24, 2.45) is 0 Å². The number of amides is 1. The molecule has 166 valence electrons. The molecule has 1 saturated heterocycles. The van der Waals surface area contributed by atoms with Crippen LogP contribution in [0.5, 0.6) is 11.5 Å². The molecule has 0 atom stereocenters. The SMILES string of the molecule is C=CCc1ccccc1OCc1ccc(C(=O)N2CCN(c3ccc(OC)cc3)CC2)o1. The minimum absolute atomic E-state index is 0.0855. The van der Waals surface area contributed by atoms with Gasteiger partial charge in [0.15, 0.2) is 5.76 Å². The number of furan rings is 1. The summed E-state index contributed by atoms with van der Waals surface area (Å²) in [4.78, 5) is 17.0. The smallest absolute Gasteiger partial charge is 0.289 e. The van der Waals surface area contributed by atoms with E-state index < -0.39 is 0 Å². The van der Waals surface area contributed by atoms with E-state index in [1.165, 1.54) is 0 Å². The van der Waals surface area contributed by atoms with Gasteiger partial charge in [-0.05, 0) is 54.4 Å². The molecule has 1 aliphatic heterocycles. The van der Waals surface area contributed by atoms with Crippen LogP contribution in [0.4, 0.5) is 5.69 Å². The fraction of sp³-hybridized carbons (Fsp3) is 0.269. The van der Waals surface area contributed by atoms with Crippen molar-refractivity contribution in [2.75, 3.05) is 38.2 Å². The summed E-state index contributed by atoms with van der Waals surface area (Å²) in [6.07, 6.45) is 2.58. The highest BCUT2D eigenvalue weighted by atomic mass is 16.5. The fourth-order valence-electron chi connectivity index (χ4n) is 3.80. The maximum absolute atomic E-state index is 12.9. The predicted molar refractivity (Wildman–Crippen MR) is 124 cm³/mol. The molecule has 0 aliphatic carbocycles. The first-order chi connectivity index (χ1) is 15.7. The van der Waals surface area contributed by atoms with Crippen LogP contribution in [0.15, 0.2) is 77.7 Å². The Bertz CT molecular complexity index is 1050. The van der Waals surface area contributed by atoms with Crippen molar-refractivity contribution in [3.8, 4) is 11.5 Å². The Hall–Kier alpha value is -3.67. The van der Waals surface area contributed by atoms with Crippen LogP contribution in [-0.4, -0.2) is 44.1 Å². The molecule has 3 aromatic rings. The molecule has 6 heteroatoms. The molecule has 0 spiro atoms. The number of para-hydroxylation sites is 1. The number of benzene rings is 2. The number of allylic oxidation sites excluding steroid dienone is 1. The number of methoxy groups -OCH3 is 1. The van der Waals surface area contributed by atoms with Gasteiger partial charge >= 0.3 is 0 Å². The van der Waals surface area contributed by atoms with E-state index in [-0.39, 0.29) is 12.5 Å². The van der Waals surface area contributed by atoms with Crippen LogP contribution in [0, 0.1) is 0 Å². The lowest BCUT2D eigenvalue weighted by Crippen LogP contribution is -2.48. The van der Waals surface area contributed by atoms with Crippen LogP contribution in [0.1, 0.15) is 21.9 Å². The van der Waals surface area contributed by atoms with Crippen LogP contribution in [-0.2, 0) is 13.0 Å². The lowest BCUT2D eigenvalue weighted by molar-refractivity contribution is 0.0710. The Morgan fingerprint density at radius 1 is 1.03 bits per heavy atom. The summed E-state index contributed by atoms with van der Waals surface area (Å²) in [5.41, 5.74) is 2.20. The number of rotatable bonds is 8. The molecule has 1 fully saturated rings. The molecule has 0 bridgehead atoms. The summed E-state index contributed by atoms with van der Waals surface area (Å²) in [5.74, 6) is 2.52. The minimum Gasteiger partial charge on any atom is -0.497 e. The van der Waals surface area contributed by atoms with Gasteiger partial charge in [0.05, 0.1) is 7.11 Å². The standard InChI is InChI=1S/C26H28N2O4/c1-3-6-20-7-4-5-8-24(20)31-19-23-13-14-25(32-23)26(29)28-17-15-27(16-18-28)21-9-11-22(30-2)12-10-21/h3-5,7-14H,1,6,15-19H2,2H3. The summed E-state index contributed by atoms with van der Waals surface area (Å²) < 4.78 is 16.9. The van der Waals surface area contributed by atoms with E-state index in [0.29, 0.717) is 24.6 Å². The Kier molecular flexibility index (Phi) is 6.80. The topological polar surface area (TPSA) is 55.2 Å². The molecular weight excluding hydrogens is 404 g/mol. The zero-order valence-corrected chi connectivity index (χ0v) is 18.3. The molecule has 32 heavy (non-hydrogen) atoms. The summed E-state index contributed by atoms with van der Waals surface area (Å²) in [6.45, 7) is 6.89. The van der Waals surface area contributed by atoms with Crippen molar-refractivity contribution < 1.29 is 18.7 Å². The lowest BCUT2D eigenvalue weighted by atomic mass is 10.1. The van der Waals surface area contributed by atoms with Crippen LogP contribution >= 0.6 is 0 Å². The third kappa shape index (κ3) is 4.97. The molecule has 1 amide bonds. The van der Waals surface area contributed by atoms with Crippen molar-refractivity contribution in [1.29, 1.82) is 0 Å². The van der Waals surface area contributed by atoms with Crippen molar-refractivity contribution in [3.05, 3.63) is 90.4 Å². The van der Waals surface area contributed by atoms with E-state index in [1.807, 2.05) is 59.5 Å². The monoisotopic (exact) mass is 432 g/mol. The van der Waals surface area contributed by atoms with Crippen LogP contribution < -0.4 is 14.4 Å². The van der Waals surface area contributed by atoms with Crippen LogP contribution in [0.2, 0.25) is 0 Å². The molecule has 0 saturated carbocycles. The maximum Gasteiger partial charge on any atom is 0.289 e. The molecule has 1 aliphatic rings. The van der Waals surface area contributed by atoms with E-state index >= 15 is 0 Å². The lowest BCUT2D eigenvalue weighted by Gasteiger charge is -2.35. The van der Waals surface area contributed by atoms with E-state index in [9.17, 15) is 4.79 Å². The molecular formula is C26H28N2O4. The molecule has 2 aromatic carbocycles. The van der Waals surface area contributed by atoms with Gasteiger partial charge < -0.3 is 23.7 Å². The molecule has 0 radical (unpaired) electrons. The molecule has 1 aromatic heterocycles. The zero-order chi connectivity index (χ0) is 22.3. The second-order valence-electron chi connectivity index (χ2n) is 7.63. The van der Waals surface area contributed by atoms with Gasteiger partial charge in [-0.15, -0.1) is 6.58 Å². The summed E-state index contributed by atoms with van der Waals surface area (Å²) >= 11 is 0. The normalized spacial score (nSPS) is 13.7. The van der Waals surface area contributed by atoms with Gasteiger partial charge in [-0.1, -0.05) is 24.3 Å². The summed E-state index contributed by atoms with van der Waals surface area (Å²) in [6, 6.07) is 19.4. The minimum atomic E-state index is -0.0855. The highest BCUT2D eigenvalue weighted by Gasteiger charge is 2.24. The van der Waals surface area contributed by atoms with E-state index in [2.05, 4.69) is 11.5 Å². The number of hydrogen-bond acceptors (Lipinski definition) is 5. The first kappa shape index (κ1) is 21.6. The molecule has 0 unspecified atom stereocenters. The molecule has 0 N–H and O–H groups in total. The average molecular weight is 433 g/mol. The van der Waals surface area contributed by atoms with Gasteiger partial charge in [0.25, 0.3) is 5.91 Å². The van der Waals surface area contributed by atoms with Crippen molar-refractivity contribution >= 4 is 11.6 Å². The van der Waals surface area contributed by atoms with Crippen LogP contribution in [0.3, 0.4) is 0 Å². The number of nitrogens with zero attached hydrogens (tertiary/aromatic N) is 2. The van der Waals surface area contributed by atoms with E-state index in [1.54, 1.807) is 19.2 Å². The highest BCUT2D eigenvalue weighted by Crippen LogP contribution is 2.23. The number of piperazine rings is 1. The first-order valence-corrected chi connectivity index (χ1v) is 10.8. The molecule has 4 rings (SSSR count). The average Bonchev–Trinajstić information content (AvgIpc) is 3.32. The van der Waals surface area contributed by atoms with Gasteiger partial charge in [-0.25, -0.2) is 0 Å². The summed E-state index contributed by atoms with van der Waals surface area (Å²) in [7, 11) is 1.66. The predicted octanol–water partition coefficient (Wildman–Crippen LogP) is 4.56. The molecule has 6 nitrogen and oxygen atoms in total. The molecule has 2 heterocycles. The Labute approximate surface area is 188 Å². The van der Waals surface area contributed by atoms with Gasteiger partial charge in [0.1, 0.15) is 23.9 Å². The van der Waals surface area contributed by atoms with Crippen molar-refractivity contribution in [2.45, 2.75) is 13.0 Å². The van der Waals surface area contributed by atoms with E-state index in [4.69, 9.17) is 13.9 Å². The summed E-state index contributed by atoms with van der Waals surface area (Å²) in [5, 5.41) is 0. The second kappa shape index (κ2) is 10.1. The Balaban J connectivity index is 1.31. The number of anilines is 1. The zero-order valence-electron chi connectivity index (χ0n) is 18.3. The fourth-order valence-corrected chi connectivity index (χ4v) is 3.80. The number of carbonyl (C=O) groups is 1. The van der Waals surface area contributed by atoms with Gasteiger partial charge in [0.2, 0.25) is 0 Å². The Morgan fingerprint density at radius 3 is 2.50 bits per heavy atom. The number of hydrogen-bond donors (Lipinski definition) is 0. The van der Waals surface area contributed by atoms with Crippen molar-refractivity contribution in [1.82, 2.24) is 4.90 Å². The maximum atomic E-state index is 12.9. The van der Waals surface area contributed by atoms with Gasteiger partial charge in [-0.3, -0.25) is 4.79 Å². The van der Waals surface area contributed by atoms with Crippen molar-refractivity contribution in [3.63, 3.8) is 0 Å². The number of ether oxygens (including phenoxy) is 2. The third-order valence-corrected chi connectivity index (χ3v) is 5.58. The first-order valence-electron chi connectivity index (χ1n) is 10.8. The van der Waals surface area contributed by atoms with Crippen LogP contribution in [0.25, 0.3) is 0 Å². The second-order valence-corrected chi connectivity index (χ2v) is 7.63. The van der Waals surface area contributed by atoms with Gasteiger partial charge in [-0.2, -0.15) is 0 Å². The number of carbonyl (C=O) groups excluding carboxylic acids is 1. The Morgan fingerprint density at radius 2 is 1.78 bits per heavy atom. The third-order valence-electron chi connectivity index (χ3n) is 5.58. The van der Waals surface area contributed by atoms with Gasteiger partial charge in [0, 0.05) is 31.9 Å². The largest absolute Gasteiger partial charge is 0.497 e. The quantitative estimate of drug-likeness (QED) is 0.489.